The van der Waals surface area contributed by atoms with E-state index in [0.717, 1.165) is 28.3 Å². The molecule has 5 nitrogen and oxygen atoms in total. The average Bonchev–Trinajstić information content (AvgIpc) is 2.99. The maximum absolute atomic E-state index is 5.95. The van der Waals surface area contributed by atoms with Crippen molar-refractivity contribution in [3.63, 3.8) is 0 Å². The van der Waals surface area contributed by atoms with Gasteiger partial charge in [0.2, 0.25) is 0 Å². The van der Waals surface area contributed by atoms with Crippen molar-refractivity contribution in [2.24, 2.45) is 4.99 Å². The summed E-state index contributed by atoms with van der Waals surface area (Å²) in [6.45, 7) is 3.94. The zero-order chi connectivity index (χ0) is 18.4. The normalized spacial score (nSPS) is 11.3. The van der Waals surface area contributed by atoms with Crippen LogP contribution in [0.2, 0.25) is 0 Å². The molecule has 0 fully saturated rings. The molecule has 0 saturated heterocycles. The lowest BCUT2D eigenvalue weighted by molar-refractivity contribution is 0.184. The number of guanidine groups is 1. The molecule has 3 aromatic rings. The highest BCUT2D eigenvalue weighted by Crippen LogP contribution is 2.24. The number of furan rings is 1. The van der Waals surface area contributed by atoms with Crippen molar-refractivity contribution < 1.29 is 9.15 Å². The van der Waals surface area contributed by atoms with E-state index >= 15 is 0 Å². The van der Waals surface area contributed by atoms with Gasteiger partial charge in [-0.05, 0) is 24.1 Å². The number of methoxy groups -OCH3 is 1. The Morgan fingerprint density at radius 3 is 2.37 bits per heavy atom. The molecule has 0 unspecified atom stereocenters. The maximum atomic E-state index is 5.95. The number of halogens is 1. The number of fused-ring (bicyclic) bond motifs is 1. The Bertz CT molecular complexity index is 905. The number of ether oxygens (including phenoxy) is 1. The minimum absolute atomic E-state index is 0. The van der Waals surface area contributed by atoms with Crippen LogP contribution in [0.3, 0.4) is 0 Å². The molecular weight excluding hydrogens is 453 g/mol. The van der Waals surface area contributed by atoms with E-state index in [1.807, 2.05) is 30.3 Å². The second kappa shape index (κ2) is 10.3. The Labute approximate surface area is 177 Å². The van der Waals surface area contributed by atoms with Crippen molar-refractivity contribution in [2.45, 2.75) is 26.6 Å². The molecule has 6 heteroatoms. The fourth-order valence-corrected chi connectivity index (χ4v) is 2.98. The highest BCUT2D eigenvalue weighted by atomic mass is 127. The monoisotopic (exact) mass is 479 g/mol. The predicted molar refractivity (Wildman–Crippen MR) is 121 cm³/mol. The third-order valence-corrected chi connectivity index (χ3v) is 4.45. The van der Waals surface area contributed by atoms with Gasteiger partial charge in [0, 0.05) is 31.7 Å². The number of para-hydroxylation sites is 1. The van der Waals surface area contributed by atoms with Crippen molar-refractivity contribution in [1.29, 1.82) is 0 Å². The van der Waals surface area contributed by atoms with E-state index in [0.29, 0.717) is 19.7 Å². The largest absolute Gasteiger partial charge is 0.459 e. The summed E-state index contributed by atoms with van der Waals surface area (Å²) in [7, 11) is 3.47. The van der Waals surface area contributed by atoms with Gasteiger partial charge in [0.15, 0.2) is 5.96 Å². The van der Waals surface area contributed by atoms with E-state index in [2.05, 4.69) is 40.7 Å². The number of aryl methyl sites for hydroxylation is 1. The molecule has 0 saturated carbocycles. The van der Waals surface area contributed by atoms with Gasteiger partial charge in [-0.1, -0.05) is 42.5 Å². The summed E-state index contributed by atoms with van der Waals surface area (Å²) in [6, 6.07) is 16.3. The molecule has 0 aliphatic carbocycles. The molecule has 0 spiro atoms. The molecule has 0 aliphatic rings. The van der Waals surface area contributed by atoms with Crippen LogP contribution in [0.1, 0.15) is 22.5 Å². The summed E-state index contributed by atoms with van der Waals surface area (Å²) < 4.78 is 11.2. The molecule has 2 aromatic carbocycles. The number of hydrogen-bond acceptors (Lipinski definition) is 3. The fourth-order valence-electron chi connectivity index (χ4n) is 2.98. The zero-order valence-corrected chi connectivity index (χ0v) is 18.2. The molecule has 0 atom stereocenters. The molecule has 0 bridgehead atoms. The van der Waals surface area contributed by atoms with Gasteiger partial charge in [0.05, 0.1) is 13.2 Å². The topological polar surface area (TPSA) is 58.8 Å². The molecule has 3 rings (SSSR count). The summed E-state index contributed by atoms with van der Waals surface area (Å²) >= 11 is 0. The molecule has 1 heterocycles. The standard InChI is InChI=1S/C21H25N3O2.HI/c1-15-18-10-6-7-11-19(18)26-20(15)13-24-21(22-2)23-12-16-8-4-5-9-17(16)14-25-3;/h4-11H,12-14H2,1-3H3,(H2,22,23,24);1H. The highest BCUT2D eigenvalue weighted by molar-refractivity contribution is 14.0. The summed E-state index contributed by atoms with van der Waals surface area (Å²) in [5.74, 6) is 1.66. The van der Waals surface area contributed by atoms with Gasteiger partial charge in [-0.2, -0.15) is 0 Å². The van der Waals surface area contributed by atoms with Crippen molar-refractivity contribution in [3.8, 4) is 0 Å². The van der Waals surface area contributed by atoms with Crippen LogP contribution >= 0.6 is 24.0 Å². The Balaban J connectivity index is 0.00000261. The SMILES string of the molecule is CN=C(NCc1ccccc1COC)NCc1oc2ccccc2c1C.I. The first-order valence-electron chi connectivity index (χ1n) is 8.70. The first-order valence-corrected chi connectivity index (χ1v) is 8.70. The maximum Gasteiger partial charge on any atom is 0.191 e. The van der Waals surface area contributed by atoms with Crippen molar-refractivity contribution in [3.05, 3.63) is 71.0 Å². The Morgan fingerprint density at radius 2 is 1.67 bits per heavy atom. The van der Waals surface area contributed by atoms with E-state index in [-0.39, 0.29) is 24.0 Å². The molecule has 144 valence electrons. The van der Waals surface area contributed by atoms with E-state index in [9.17, 15) is 0 Å². The van der Waals surface area contributed by atoms with Crippen LogP contribution in [0.15, 0.2) is 57.9 Å². The van der Waals surface area contributed by atoms with E-state index < -0.39 is 0 Å². The van der Waals surface area contributed by atoms with Crippen LogP contribution in [0.25, 0.3) is 11.0 Å². The van der Waals surface area contributed by atoms with Gasteiger partial charge in [-0.3, -0.25) is 4.99 Å². The minimum atomic E-state index is 0. The number of hydrogen-bond donors (Lipinski definition) is 2. The summed E-state index contributed by atoms with van der Waals surface area (Å²) in [5.41, 5.74) is 4.44. The van der Waals surface area contributed by atoms with Gasteiger partial charge in [-0.25, -0.2) is 0 Å². The molecule has 0 amide bonds. The Hall–Kier alpha value is -2.06. The molecule has 2 N–H and O–H groups in total. The van der Waals surface area contributed by atoms with Crippen molar-refractivity contribution in [2.75, 3.05) is 14.2 Å². The predicted octanol–water partition coefficient (Wildman–Crippen LogP) is 4.37. The first kappa shape index (κ1) is 21.2. The van der Waals surface area contributed by atoms with E-state index in [1.165, 1.54) is 11.1 Å². The second-order valence-corrected chi connectivity index (χ2v) is 6.13. The molecular formula is C21H26IN3O2. The molecule has 0 aliphatic heterocycles. The lowest BCUT2D eigenvalue weighted by Gasteiger charge is -2.13. The fraction of sp³-hybridized carbons (Fsp3) is 0.286. The molecule has 1 aromatic heterocycles. The number of nitrogens with zero attached hydrogens (tertiary/aromatic N) is 1. The lowest BCUT2D eigenvalue weighted by Crippen LogP contribution is -2.36. The van der Waals surface area contributed by atoms with E-state index in [4.69, 9.17) is 9.15 Å². The minimum Gasteiger partial charge on any atom is -0.459 e. The quantitative estimate of drug-likeness (QED) is 0.313. The van der Waals surface area contributed by atoms with Gasteiger partial charge in [0.25, 0.3) is 0 Å². The summed E-state index contributed by atoms with van der Waals surface area (Å²) in [5, 5.41) is 7.83. The van der Waals surface area contributed by atoms with Gasteiger partial charge < -0.3 is 19.8 Å². The van der Waals surface area contributed by atoms with E-state index in [1.54, 1.807) is 14.2 Å². The van der Waals surface area contributed by atoms with Gasteiger partial charge >= 0.3 is 0 Å². The van der Waals surface area contributed by atoms with Crippen LogP contribution in [-0.2, 0) is 24.4 Å². The van der Waals surface area contributed by atoms with Crippen LogP contribution in [-0.4, -0.2) is 20.1 Å². The Morgan fingerprint density at radius 1 is 1.00 bits per heavy atom. The molecule has 27 heavy (non-hydrogen) atoms. The lowest BCUT2D eigenvalue weighted by atomic mass is 10.1. The number of aliphatic imine (C=N–C) groups is 1. The van der Waals surface area contributed by atoms with Crippen LogP contribution in [0.4, 0.5) is 0 Å². The summed E-state index contributed by atoms with van der Waals surface area (Å²) in [6.07, 6.45) is 0. The van der Waals surface area contributed by atoms with Crippen LogP contribution in [0, 0.1) is 6.92 Å². The van der Waals surface area contributed by atoms with Crippen LogP contribution in [0.5, 0.6) is 0 Å². The number of nitrogens with one attached hydrogen (secondary N) is 2. The van der Waals surface area contributed by atoms with Crippen molar-refractivity contribution in [1.82, 2.24) is 10.6 Å². The average molecular weight is 479 g/mol. The van der Waals surface area contributed by atoms with Crippen molar-refractivity contribution >= 4 is 40.9 Å². The zero-order valence-electron chi connectivity index (χ0n) is 15.9. The highest BCUT2D eigenvalue weighted by Gasteiger charge is 2.10. The van der Waals surface area contributed by atoms with Gasteiger partial charge in [-0.15, -0.1) is 24.0 Å². The number of rotatable bonds is 6. The molecule has 0 radical (unpaired) electrons. The number of benzene rings is 2. The smallest absolute Gasteiger partial charge is 0.191 e. The Kier molecular flexibility index (Phi) is 8.12. The van der Waals surface area contributed by atoms with Gasteiger partial charge in [0.1, 0.15) is 11.3 Å². The van der Waals surface area contributed by atoms with Crippen LogP contribution < -0.4 is 10.6 Å². The second-order valence-electron chi connectivity index (χ2n) is 6.13. The summed E-state index contributed by atoms with van der Waals surface area (Å²) in [4.78, 5) is 4.30. The first-order chi connectivity index (χ1) is 12.7. The third-order valence-electron chi connectivity index (χ3n) is 4.45. The third kappa shape index (κ3) is 5.23.